The summed E-state index contributed by atoms with van der Waals surface area (Å²) in [6.45, 7) is 1.89. The van der Waals surface area contributed by atoms with E-state index in [4.69, 9.17) is 5.11 Å². The maximum atomic E-state index is 10.5. The molecule has 0 aliphatic heterocycles. The Balaban J connectivity index is 2.03. The number of rotatable bonds is 4. The predicted molar refractivity (Wildman–Crippen MR) is 51.2 cm³/mol. The third-order valence-electron chi connectivity index (χ3n) is 2.62. The normalized spacial score (nSPS) is 18.1. The van der Waals surface area contributed by atoms with E-state index in [0.717, 1.165) is 11.4 Å². The van der Waals surface area contributed by atoms with Crippen molar-refractivity contribution in [3.05, 3.63) is 17.5 Å². The van der Waals surface area contributed by atoms with E-state index < -0.39 is 5.97 Å². The van der Waals surface area contributed by atoms with E-state index in [1.807, 2.05) is 13.0 Å². The number of nitrogens with one attached hydrogen (secondary N) is 1. The van der Waals surface area contributed by atoms with Crippen LogP contribution in [0.15, 0.2) is 6.07 Å². The van der Waals surface area contributed by atoms with Crippen molar-refractivity contribution in [2.24, 2.45) is 0 Å². The van der Waals surface area contributed by atoms with Crippen LogP contribution in [0.3, 0.4) is 0 Å². The van der Waals surface area contributed by atoms with Gasteiger partial charge in [-0.3, -0.25) is 9.89 Å². The first-order valence-corrected chi connectivity index (χ1v) is 4.94. The van der Waals surface area contributed by atoms with Crippen LogP contribution in [0, 0.1) is 0 Å². The van der Waals surface area contributed by atoms with Crippen LogP contribution in [0.25, 0.3) is 0 Å². The van der Waals surface area contributed by atoms with E-state index in [9.17, 15) is 4.79 Å². The molecule has 0 aromatic carbocycles. The van der Waals surface area contributed by atoms with E-state index in [0.29, 0.717) is 5.92 Å². The Bertz CT molecular complexity index is 342. The highest BCUT2D eigenvalue weighted by Crippen LogP contribution is 2.39. The van der Waals surface area contributed by atoms with Gasteiger partial charge in [0, 0.05) is 17.5 Å². The summed E-state index contributed by atoms with van der Waals surface area (Å²) in [6, 6.07) is 2.01. The second-order valence-corrected chi connectivity index (χ2v) is 4.02. The Morgan fingerprint density at radius 3 is 3.07 bits per heavy atom. The SMILES string of the molecule is CC(CC(=O)O)c1cc(C2CC2)[nH]n1. The van der Waals surface area contributed by atoms with Crippen LogP contribution in [0.4, 0.5) is 0 Å². The van der Waals surface area contributed by atoms with Crippen molar-refractivity contribution in [3.63, 3.8) is 0 Å². The zero-order valence-electron chi connectivity index (χ0n) is 8.16. The van der Waals surface area contributed by atoms with Crippen molar-refractivity contribution in [2.75, 3.05) is 0 Å². The summed E-state index contributed by atoms with van der Waals surface area (Å²) >= 11 is 0. The van der Waals surface area contributed by atoms with E-state index in [2.05, 4.69) is 10.2 Å². The molecule has 1 unspecified atom stereocenters. The molecule has 0 amide bonds. The lowest BCUT2D eigenvalue weighted by molar-refractivity contribution is -0.137. The lowest BCUT2D eigenvalue weighted by Gasteiger charge is -2.02. The molecule has 1 fully saturated rings. The number of aliphatic carboxylic acids is 1. The monoisotopic (exact) mass is 194 g/mol. The second-order valence-electron chi connectivity index (χ2n) is 4.02. The van der Waals surface area contributed by atoms with Gasteiger partial charge < -0.3 is 5.11 Å². The first kappa shape index (κ1) is 9.24. The average Bonchev–Trinajstić information content (AvgIpc) is 2.82. The molecule has 14 heavy (non-hydrogen) atoms. The minimum atomic E-state index is -0.770. The summed E-state index contributed by atoms with van der Waals surface area (Å²) in [5, 5.41) is 15.8. The van der Waals surface area contributed by atoms with Gasteiger partial charge in [0.2, 0.25) is 0 Å². The Hall–Kier alpha value is -1.32. The fourth-order valence-electron chi connectivity index (χ4n) is 1.58. The summed E-state index contributed by atoms with van der Waals surface area (Å²) in [5.41, 5.74) is 2.03. The van der Waals surface area contributed by atoms with Gasteiger partial charge in [-0.05, 0) is 18.9 Å². The fourth-order valence-corrected chi connectivity index (χ4v) is 1.58. The van der Waals surface area contributed by atoms with Gasteiger partial charge in [0.05, 0.1) is 12.1 Å². The third kappa shape index (κ3) is 1.95. The minimum Gasteiger partial charge on any atom is -0.481 e. The zero-order valence-corrected chi connectivity index (χ0v) is 8.16. The highest BCUT2D eigenvalue weighted by molar-refractivity contribution is 5.67. The molecule has 1 aliphatic carbocycles. The molecule has 1 aliphatic rings. The zero-order chi connectivity index (χ0) is 10.1. The lowest BCUT2D eigenvalue weighted by atomic mass is 10.0. The van der Waals surface area contributed by atoms with Gasteiger partial charge in [-0.15, -0.1) is 0 Å². The Morgan fingerprint density at radius 2 is 2.50 bits per heavy atom. The predicted octanol–water partition coefficient (Wildman–Crippen LogP) is 1.87. The number of aromatic nitrogens is 2. The van der Waals surface area contributed by atoms with E-state index in [1.54, 1.807) is 0 Å². The van der Waals surface area contributed by atoms with Crippen LogP contribution in [0.1, 0.15) is 49.4 Å². The van der Waals surface area contributed by atoms with E-state index >= 15 is 0 Å². The number of aromatic amines is 1. The minimum absolute atomic E-state index is 0.00347. The number of H-pyrrole nitrogens is 1. The lowest BCUT2D eigenvalue weighted by Crippen LogP contribution is -2.02. The molecular formula is C10H14N2O2. The number of nitrogens with zero attached hydrogens (tertiary/aromatic N) is 1. The van der Waals surface area contributed by atoms with Gasteiger partial charge in [0.15, 0.2) is 0 Å². The molecule has 0 saturated heterocycles. The first-order valence-electron chi connectivity index (χ1n) is 4.94. The molecule has 1 aromatic rings. The van der Waals surface area contributed by atoms with Crippen molar-refractivity contribution in [2.45, 2.75) is 38.0 Å². The fraction of sp³-hybridized carbons (Fsp3) is 0.600. The molecule has 1 heterocycles. The molecule has 0 bridgehead atoms. The highest BCUT2D eigenvalue weighted by atomic mass is 16.4. The smallest absolute Gasteiger partial charge is 0.304 e. The Morgan fingerprint density at radius 1 is 1.79 bits per heavy atom. The van der Waals surface area contributed by atoms with E-state index in [1.165, 1.54) is 12.8 Å². The average molecular weight is 194 g/mol. The standard InChI is InChI=1S/C10H14N2O2/c1-6(4-10(13)14)8-5-9(12-11-8)7-2-3-7/h5-7H,2-4H2,1H3,(H,11,12)(H,13,14). The highest BCUT2D eigenvalue weighted by Gasteiger charge is 2.26. The number of hydrogen-bond acceptors (Lipinski definition) is 2. The van der Waals surface area contributed by atoms with Crippen LogP contribution in [0.5, 0.6) is 0 Å². The van der Waals surface area contributed by atoms with Crippen molar-refractivity contribution < 1.29 is 9.90 Å². The molecule has 76 valence electrons. The molecular weight excluding hydrogens is 180 g/mol. The molecule has 2 N–H and O–H groups in total. The molecule has 1 aromatic heterocycles. The van der Waals surface area contributed by atoms with Crippen LogP contribution in [0.2, 0.25) is 0 Å². The topological polar surface area (TPSA) is 66.0 Å². The first-order chi connectivity index (χ1) is 6.66. The third-order valence-corrected chi connectivity index (χ3v) is 2.62. The number of carboxylic acids is 1. The Labute approximate surface area is 82.3 Å². The van der Waals surface area contributed by atoms with Crippen LogP contribution in [-0.4, -0.2) is 21.3 Å². The van der Waals surface area contributed by atoms with Crippen molar-refractivity contribution in [1.29, 1.82) is 0 Å². The molecule has 2 rings (SSSR count). The summed E-state index contributed by atoms with van der Waals surface area (Å²) in [5.74, 6) is -0.127. The second kappa shape index (κ2) is 3.44. The number of hydrogen-bond donors (Lipinski definition) is 2. The van der Waals surface area contributed by atoms with Gasteiger partial charge >= 0.3 is 5.97 Å². The number of carboxylic acid groups (broad SMARTS) is 1. The largest absolute Gasteiger partial charge is 0.481 e. The van der Waals surface area contributed by atoms with Crippen LogP contribution in [-0.2, 0) is 4.79 Å². The summed E-state index contributed by atoms with van der Waals surface area (Å²) in [4.78, 5) is 10.5. The molecule has 1 saturated carbocycles. The van der Waals surface area contributed by atoms with E-state index in [-0.39, 0.29) is 12.3 Å². The van der Waals surface area contributed by atoms with Crippen molar-refractivity contribution in [3.8, 4) is 0 Å². The summed E-state index contributed by atoms with van der Waals surface area (Å²) in [7, 11) is 0. The van der Waals surface area contributed by atoms with Gasteiger partial charge in [0.25, 0.3) is 0 Å². The maximum Gasteiger partial charge on any atom is 0.304 e. The maximum absolute atomic E-state index is 10.5. The molecule has 4 heteroatoms. The summed E-state index contributed by atoms with van der Waals surface area (Å²) in [6.07, 6.45) is 2.61. The molecule has 4 nitrogen and oxygen atoms in total. The molecule has 0 spiro atoms. The van der Waals surface area contributed by atoms with Gasteiger partial charge in [0.1, 0.15) is 0 Å². The van der Waals surface area contributed by atoms with Crippen molar-refractivity contribution >= 4 is 5.97 Å². The van der Waals surface area contributed by atoms with Crippen LogP contribution >= 0.6 is 0 Å². The van der Waals surface area contributed by atoms with Gasteiger partial charge in [-0.1, -0.05) is 6.92 Å². The quantitative estimate of drug-likeness (QED) is 0.768. The van der Waals surface area contributed by atoms with Gasteiger partial charge in [-0.25, -0.2) is 0 Å². The van der Waals surface area contributed by atoms with Crippen LogP contribution < -0.4 is 0 Å². The summed E-state index contributed by atoms with van der Waals surface area (Å²) < 4.78 is 0. The molecule has 1 atom stereocenters. The number of carbonyl (C=O) groups is 1. The van der Waals surface area contributed by atoms with Crippen molar-refractivity contribution in [1.82, 2.24) is 10.2 Å². The Kier molecular flexibility index (Phi) is 2.27. The van der Waals surface area contributed by atoms with Gasteiger partial charge in [-0.2, -0.15) is 5.10 Å². The molecule has 0 radical (unpaired) electrons.